The third-order valence-corrected chi connectivity index (χ3v) is 4.16. The van der Waals surface area contributed by atoms with Gasteiger partial charge in [-0.2, -0.15) is 0 Å². The minimum Gasteiger partial charge on any atom is -0.489 e. The van der Waals surface area contributed by atoms with E-state index in [0.29, 0.717) is 12.4 Å². The van der Waals surface area contributed by atoms with Gasteiger partial charge in [0.05, 0.1) is 12.1 Å². The average Bonchev–Trinajstić information content (AvgIpc) is 2.73. The van der Waals surface area contributed by atoms with Gasteiger partial charge in [-0.05, 0) is 43.3 Å². The fraction of sp³-hybridized carbons (Fsp3) is 0.136. The lowest BCUT2D eigenvalue weighted by molar-refractivity contribution is 0.234. The van der Waals surface area contributed by atoms with Crippen molar-refractivity contribution in [1.29, 1.82) is 0 Å². The Hall–Kier alpha value is -3.47. The van der Waals surface area contributed by atoms with Crippen LogP contribution in [0.15, 0.2) is 79.1 Å². The lowest BCUT2D eigenvalue weighted by Crippen LogP contribution is -2.23. The molecule has 1 unspecified atom stereocenters. The van der Waals surface area contributed by atoms with Crippen LogP contribution in [0.2, 0.25) is 0 Å². The highest BCUT2D eigenvalue weighted by atomic mass is 16.5. The van der Waals surface area contributed by atoms with Gasteiger partial charge in [-0.1, -0.05) is 30.3 Å². The van der Waals surface area contributed by atoms with Gasteiger partial charge < -0.3 is 10.1 Å². The van der Waals surface area contributed by atoms with E-state index >= 15 is 0 Å². The molecule has 0 radical (unpaired) electrons. The Balaban J connectivity index is 1.58. The van der Waals surface area contributed by atoms with E-state index in [-0.39, 0.29) is 6.10 Å². The molecule has 1 N–H and O–H groups in total. The number of benzene rings is 2. The molecule has 4 rings (SSSR count). The van der Waals surface area contributed by atoms with Crippen LogP contribution < -0.4 is 10.1 Å². The average molecular weight is 356 g/mol. The van der Waals surface area contributed by atoms with E-state index in [1.807, 2.05) is 73.7 Å². The number of aromatic nitrogens is 3. The standard InChI is InChI=1S/C22H20N4O/c1-16(27-18-9-3-2-4-10-18)14-24-22-19-11-5-6-12-20(19)25-21(26-22)17-8-7-13-23-15-17/h2-13,15-16H,14H2,1H3,(H,24,25,26). The largest absolute Gasteiger partial charge is 0.489 e. The first-order chi connectivity index (χ1) is 13.3. The Morgan fingerprint density at radius 1 is 0.926 bits per heavy atom. The first-order valence-electron chi connectivity index (χ1n) is 8.92. The first kappa shape index (κ1) is 17.0. The lowest BCUT2D eigenvalue weighted by Gasteiger charge is -2.17. The van der Waals surface area contributed by atoms with E-state index in [1.54, 1.807) is 12.4 Å². The maximum Gasteiger partial charge on any atom is 0.163 e. The molecule has 0 amide bonds. The number of anilines is 1. The minimum atomic E-state index is -0.0111. The Labute approximate surface area is 158 Å². The predicted molar refractivity (Wildman–Crippen MR) is 108 cm³/mol. The van der Waals surface area contributed by atoms with E-state index in [2.05, 4.69) is 15.3 Å². The molecule has 0 aliphatic heterocycles. The van der Waals surface area contributed by atoms with Crippen LogP contribution in [0.4, 0.5) is 5.82 Å². The van der Waals surface area contributed by atoms with E-state index in [9.17, 15) is 0 Å². The molecule has 0 bridgehead atoms. The molecule has 0 aliphatic carbocycles. The number of nitrogens with one attached hydrogen (secondary N) is 1. The van der Waals surface area contributed by atoms with Crippen molar-refractivity contribution in [1.82, 2.24) is 15.0 Å². The van der Waals surface area contributed by atoms with Gasteiger partial charge in [-0.25, -0.2) is 9.97 Å². The van der Waals surface area contributed by atoms with Crippen LogP contribution in [-0.2, 0) is 0 Å². The van der Waals surface area contributed by atoms with Gasteiger partial charge in [-0.3, -0.25) is 4.98 Å². The number of hydrogen-bond acceptors (Lipinski definition) is 5. The number of rotatable bonds is 6. The smallest absolute Gasteiger partial charge is 0.163 e. The highest BCUT2D eigenvalue weighted by Crippen LogP contribution is 2.24. The van der Waals surface area contributed by atoms with Crippen LogP contribution in [0.25, 0.3) is 22.3 Å². The second-order valence-electron chi connectivity index (χ2n) is 6.28. The molecule has 0 spiro atoms. The van der Waals surface area contributed by atoms with E-state index in [1.165, 1.54) is 0 Å². The molecule has 5 heteroatoms. The van der Waals surface area contributed by atoms with Crippen LogP contribution in [0.5, 0.6) is 5.75 Å². The van der Waals surface area contributed by atoms with Crippen molar-refractivity contribution in [2.75, 3.05) is 11.9 Å². The van der Waals surface area contributed by atoms with Gasteiger partial charge in [0.25, 0.3) is 0 Å². The summed E-state index contributed by atoms with van der Waals surface area (Å²) in [6, 6.07) is 21.6. The number of nitrogens with zero attached hydrogens (tertiary/aromatic N) is 3. The predicted octanol–water partition coefficient (Wildman–Crippen LogP) is 4.57. The van der Waals surface area contributed by atoms with Crippen LogP contribution in [0.1, 0.15) is 6.92 Å². The molecule has 0 saturated heterocycles. The molecule has 0 fully saturated rings. The Morgan fingerprint density at radius 2 is 1.74 bits per heavy atom. The minimum absolute atomic E-state index is 0.0111. The summed E-state index contributed by atoms with van der Waals surface area (Å²) in [5, 5.41) is 4.40. The summed E-state index contributed by atoms with van der Waals surface area (Å²) in [5.41, 5.74) is 1.78. The molecule has 5 nitrogen and oxygen atoms in total. The zero-order chi connectivity index (χ0) is 18.5. The quantitative estimate of drug-likeness (QED) is 0.548. The van der Waals surface area contributed by atoms with Gasteiger partial charge in [0.1, 0.15) is 17.7 Å². The molecule has 0 saturated carbocycles. The van der Waals surface area contributed by atoms with Crippen molar-refractivity contribution in [2.24, 2.45) is 0 Å². The number of ether oxygens (including phenoxy) is 1. The second-order valence-corrected chi connectivity index (χ2v) is 6.28. The second kappa shape index (κ2) is 7.83. The van der Waals surface area contributed by atoms with Gasteiger partial charge in [-0.15, -0.1) is 0 Å². The van der Waals surface area contributed by atoms with E-state index in [4.69, 9.17) is 9.72 Å². The fourth-order valence-corrected chi connectivity index (χ4v) is 2.85. The molecule has 27 heavy (non-hydrogen) atoms. The van der Waals surface area contributed by atoms with Crippen LogP contribution in [0.3, 0.4) is 0 Å². The highest BCUT2D eigenvalue weighted by molar-refractivity contribution is 5.90. The Bertz CT molecular complexity index is 1020. The molecule has 134 valence electrons. The number of hydrogen-bond donors (Lipinski definition) is 1. The SMILES string of the molecule is CC(CNc1nc(-c2cccnc2)nc2ccccc12)Oc1ccccc1. The van der Waals surface area contributed by atoms with Crippen LogP contribution >= 0.6 is 0 Å². The molecular formula is C22H20N4O. The highest BCUT2D eigenvalue weighted by Gasteiger charge is 2.11. The third-order valence-electron chi connectivity index (χ3n) is 4.16. The molecule has 4 aromatic rings. The van der Waals surface area contributed by atoms with Gasteiger partial charge in [0, 0.05) is 23.3 Å². The maximum atomic E-state index is 5.95. The van der Waals surface area contributed by atoms with Gasteiger partial charge >= 0.3 is 0 Å². The van der Waals surface area contributed by atoms with Crippen molar-refractivity contribution < 1.29 is 4.74 Å². The zero-order valence-corrected chi connectivity index (χ0v) is 15.0. The van der Waals surface area contributed by atoms with Crippen LogP contribution in [0, 0.1) is 0 Å². The van der Waals surface area contributed by atoms with Gasteiger partial charge in [0.2, 0.25) is 0 Å². The molecule has 2 aromatic heterocycles. The number of para-hydroxylation sites is 2. The lowest BCUT2D eigenvalue weighted by atomic mass is 10.2. The Kier molecular flexibility index (Phi) is 4.92. The molecular weight excluding hydrogens is 336 g/mol. The van der Waals surface area contributed by atoms with E-state index in [0.717, 1.165) is 28.0 Å². The van der Waals surface area contributed by atoms with Gasteiger partial charge in [0.15, 0.2) is 5.82 Å². The molecule has 0 aliphatic rings. The summed E-state index contributed by atoms with van der Waals surface area (Å²) in [4.78, 5) is 13.6. The zero-order valence-electron chi connectivity index (χ0n) is 15.0. The van der Waals surface area contributed by atoms with Crippen molar-refractivity contribution in [3.05, 3.63) is 79.1 Å². The summed E-state index contributed by atoms with van der Waals surface area (Å²) < 4.78 is 5.95. The monoisotopic (exact) mass is 356 g/mol. The van der Waals surface area contributed by atoms with Crippen molar-refractivity contribution in [3.8, 4) is 17.1 Å². The van der Waals surface area contributed by atoms with Crippen LogP contribution in [-0.4, -0.2) is 27.6 Å². The third kappa shape index (κ3) is 4.03. The van der Waals surface area contributed by atoms with Crippen molar-refractivity contribution in [3.63, 3.8) is 0 Å². The topological polar surface area (TPSA) is 59.9 Å². The summed E-state index contributed by atoms with van der Waals surface area (Å²) in [6.45, 7) is 2.66. The number of fused-ring (bicyclic) bond motifs is 1. The fourth-order valence-electron chi connectivity index (χ4n) is 2.85. The summed E-state index contributed by atoms with van der Waals surface area (Å²) >= 11 is 0. The van der Waals surface area contributed by atoms with Crippen molar-refractivity contribution in [2.45, 2.75) is 13.0 Å². The van der Waals surface area contributed by atoms with Crippen molar-refractivity contribution >= 4 is 16.7 Å². The molecule has 2 aromatic carbocycles. The number of pyridine rings is 1. The first-order valence-corrected chi connectivity index (χ1v) is 8.92. The Morgan fingerprint density at radius 3 is 2.56 bits per heavy atom. The summed E-state index contributed by atoms with van der Waals surface area (Å²) in [5.74, 6) is 2.30. The summed E-state index contributed by atoms with van der Waals surface area (Å²) in [7, 11) is 0. The summed E-state index contributed by atoms with van der Waals surface area (Å²) in [6.07, 6.45) is 3.50. The van der Waals surface area contributed by atoms with E-state index < -0.39 is 0 Å². The maximum absolute atomic E-state index is 5.95. The molecule has 1 atom stereocenters. The molecule has 2 heterocycles. The normalized spacial score (nSPS) is 11.9.